The molecule has 0 N–H and O–H groups in total. The van der Waals surface area contributed by atoms with Gasteiger partial charge < -0.3 is 0 Å². The van der Waals surface area contributed by atoms with Gasteiger partial charge in [-0.05, 0) is 36.8 Å². The molecule has 0 bridgehead atoms. The number of ketones is 1. The Morgan fingerprint density at radius 2 is 1.75 bits per heavy atom. The van der Waals surface area contributed by atoms with Gasteiger partial charge in [-0.25, -0.2) is 18.2 Å². The van der Waals surface area contributed by atoms with Gasteiger partial charge in [0.15, 0.2) is 5.78 Å². The molecule has 0 spiro atoms. The van der Waals surface area contributed by atoms with Crippen LogP contribution in [0.1, 0.15) is 23.0 Å². The highest BCUT2D eigenvalue weighted by Crippen LogP contribution is 2.33. The first-order valence-corrected chi connectivity index (χ1v) is 6.91. The molecule has 1 aromatic heterocycles. The summed E-state index contributed by atoms with van der Waals surface area (Å²) in [5.74, 6) is -3.47. The Labute approximate surface area is 135 Å². The van der Waals surface area contributed by atoms with Gasteiger partial charge in [-0.1, -0.05) is 0 Å². The fraction of sp³-hybridized carbons (Fsp3) is 0.0556. The standard InChI is InChI=1S/C18H9F3N2O/c1-9(24)10-2-3-17-13(4-10)14(7-12(8-22)23-17)18-15(20)5-11(19)6-16(18)21/h2-7H,1H3. The second kappa shape index (κ2) is 5.78. The predicted molar refractivity (Wildman–Crippen MR) is 81.8 cm³/mol. The van der Waals surface area contributed by atoms with E-state index in [1.54, 1.807) is 0 Å². The number of halogens is 3. The van der Waals surface area contributed by atoms with E-state index in [0.29, 0.717) is 28.6 Å². The van der Waals surface area contributed by atoms with Gasteiger partial charge in [-0.2, -0.15) is 5.26 Å². The third kappa shape index (κ3) is 2.61. The maximum absolute atomic E-state index is 14.2. The number of pyridine rings is 1. The number of aromatic nitrogens is 1. The number of nitriles is 1. The van der Waals surface area contributed by atoms with Crippen molar-refractivity contribution in [1.82, 2.24) is 4.98 Å². The minimum Gasteiger partial charge on any atom is -0.295 e. The van der Waals surface area contributed by atoms with Gasteiger partial charge in [0.2, 0.25) is 0 Å². The maximum atomic E-state index is 14.2. The molecule has 0 aliphatic rings. The fourth-order valence-corrected chi connectivity index (χ4v) is 2.51. The largest absolute Gasteiger partial charge is 0.295 e. The molecule has 6 heteroatoms. The van der Waals surface area contributed by atoms with Gasteiger partial charge in [0.05, 0.1) is 11.1 Å². The zero-order valence-electron chi connectivity index (χ0n) is 12.4. The number of carbonyl (C=O) groups excluding carboxylic acids is 1. The zero-order valence-corrected chi connectivity index (χ0v) is 12.4. The quantitative estimate of drug-likeness (QED) is 0.656. The smallest absolute Gasteiger partial charge is 0.159 e. The molecule has 3 rings (SSSR count). The SMILES string of the molecule is CC(=O)c1ccc2nc(C#N)cc(-c3c(F)cc(F)cc3F)c2c1. The number of fused-ring (bicyclic) bond motifs is 1. The van der Waals surface area contributed by atoms with Crippen molar-refractivity contribution in [3.05, 3.63) is 65.1 Å². The van der Waals surface area contributed by atoms with E-state index in [0.717, 1.165) is 0 Å². The highest BCUT2D eigenvalue weighted by Gasteiger charge is 2.18. The molecule has 0 radical (unpaired) electrons. The molecular formula is C18H9F3N2O. The Morgan fingerprint density at radius 3 is 2.33 bits per heavy atom. The van der Waals surface area contributed by atoms with Gasteiger partial charge in [0.1, 0.15) is 29.2 Å². The Hall–Kier alpha value is -3.20. The topological polar surface area (TPSA) is 53.8 Å². The lowest BCUT2D eigenvalue weighted by atomic mass is 9.97. The Morgan fingerprint density at radius 1 is 1.08 bits per heavy atom. The summed E-state index contributed by atoms with van der Waals surface area (Å²) in [5, 5.41) is 9.38. The van der Waals surface area contributed by atoms with E-state index in [9.17, 15) is 18.0 Å². The summed E-state index contributed by atoms with van der Waals surface area (Å²) in [4.78, 5) is 15.6. The minimum atomic E-state index is -1.10. The first-order valence-electron chi connectivity index (χ1n) is 6.91. The average molecular weight is 326 g/mol. The van der Waals surface area contributed by atoms with Crippen LogP contribution in [0.25, 0.3) is 22.0 Å². The summed E-state index contributed by atoms with van der Waals surface area (Å²) >= 11 is 0. The van der Waals surface area contributed by atoms with Crippen LogP contribution in [-0.2, 0) is 0 Å². The molecule has 0 amide bonds. The molecule has 1 heterocycles. The van der Waals surface area contributed by atoms with Gasteiger partial charge in [-0.3, -0.25) is 4.79 Å². The molecule has 2 aromatic carbocycles. The normalized spacial score (nSPS) is 10.6. The van der Waals surface area contributed by atoms with E-state index in [4.69, 9.17) is 5.26 Å². The molecule has 0 atom stereocenters. The summed E-state index contributed by atoms with van der Waals surface area (Å²) in [6.45, 7) is 1.36. The highest BCUT2D eigenvalue weighted by atomic mass is 19.1. The number of benzene rings is 2. The molecule has 0 saturated carbocycles. The molecule has 0 unspecified atom stereocenters. The van der Waals surface area contributed by atoms with E-state index in [-0.39, 0.29) is 17.0 Å². The van der Waals surface area contributed by atoms with E-state index >= 15 is 0 Å². The lowest BCUT2D eigenvalue weighted by Crippen LogP contribution is -1.98. The highest BCUT2D eigenvalue weighted by molar-refractivity contribution is 6.02. The van der Waals surface area contributed by atoms with Crippen molar-refractivity contribution >= 4 is 16.7 Å². The van der Waals surface area contributed by atoms with Crippen LogP contribution < -0.4 is 0 Å². The van der Waals surface area contributed by atoms with Crippen molar-refractivity contribution in [3.63, 3.8) is 0 Å². The second-order valence-electron chi connectivity index (χ2n) is 5.20. The number of rotatable bonds is 2. The fourth-order valence-electron chi connectivity index (χ4n) is 2.51. The zero-order chi connectivity index (χ0) is 17.4. The summed E-state index contributed by atoms with van der Waals surface area (Å²) in [6, 6.07) is 8.61. The van der Waals surface area contributed by atoms with E-state index in [1.165, 1.54) is 31.2 Å². The van der Waals surface area contributed by atoms with Crippen molar-refractivity contribution in [2.45, 2.75) is 6.92 Å². The second-order valence-corrected chi connectivity index (χ2v) is 5.20. The van der Waals surface area contributed by atoms with Crippen LogP contribution in [-0.4, -0.2) is 10.8 Å². The van der Waals surface area contributed by atoms with Crippen molar-refractivity contribution in [2.75, 3.05) is 0 Å². The van der Waals surface area contributed by atoms with E-state index in [2.05, 4.69) is 4.98 Å². The predicted octanol–water partition coefficient (Wildman–Crippen LogP) is 4.39. The van der Waals surface area contributed by atoms with Crippen LogP contribution in [0.2, 0.25) is 0 Å². The van der Waals surface area contributed by atoms with Gasteiger partial charge in [0, 0.05) is 23.1 Å². The summed E-state index contributed by atoms with van der Waals surface area (Å²) in [5.41, 5.74) is 0.155. The third-order valence-corrected chi connectivity index (χ3v) is 3.61. The number of nitrogens with zero attached hydrogens (tertiary/aromatic N) is 2. The van der Waals surface area contributed by atoms with Crippen LogP contribution in [0.15, 0.2) is 36.4 Å². The van der Waals surface area contributed by atoms with Gasteiger partial charge in [0.25, 0.3) is 0 Å². The molecular weight excluding hydrogens is 317 g/mol. The molecule has 3 aromatic rings. The van der Waals surface area contributed by atoms with Crippen LogP contribution in [0.5, 0.6) is 0 Å². The van der Waals surface area contributed by atoms with Crippen molar-refractivity contribution in [3.8, 4) is 17.2 Å². The van der Waals surface area contributed by atoms with E-state index < -0.39 is 23.0 Å². The molecule has 0 saturated heterocycles. The molecule has 118 valence electrons. The Bertz CT molecular complexity index is 1020. The first-order chi connectivity index (χ1) is 11.4. The van der Waals surface area contributed by atoms with Gasteiger partial charge >= 0.3 is 0 Å². The molecule has 0 aliphatic heterocycles. The number of carbonyl (C=O) groups is 1. The van der Waals surface area contributed by atoms with Crippen LogP contribution in [0, 0.1) is 28.8 Å². The van der Waals surface area contributed by atoms with Crippen molar-refractivity contribution in [1.29, 1.82) is 5.26 Å². The summed E-state index contributed by atoms with van der Waals surface area (Å²) < 4.78 is 41.5. The van der Waals surface area contributed by atoms with Crippen LogP contribution >= 0.6 is 0 Å². The Balaban J connectivity index is 2.44. The lowest BCUT2D eigenvalue weighted by molar-refractivity contribution is 0.101. The lowest BCUT2D eigenvalue weighted by Gasteiger charge is -2.10. The van der Waals surface area contributed by atoms with E-state index in [1.807, 2.05) is 6.07 Å². The van der Waals surface area contributed by atoms with Crippen molar-refractivity contribution < 1.29 is 18.0 Å². The molecule has 0 aliphatic carbocycles. The van der Waals surface area contributed by atoms with Crippen LogP contribution in [0.3, 0.4) is 0 Å². The van der Waals surface area contributed by atoms with Crippen LogP contribution in [0.4, 0.5) is 13.2 Å². The average Bonchev–Trinajstić information content (AvgIpc) is 2.53. The summed E-state index contributed by atoms with van der Waals surface area (Å²) in [6.07, 6.45) is 0. The van der Waals surface area contributed by atoms with Crippen molar-refractivity contribution in [2.24, 2.45) is 0 Å². The monoisotopic (exact) mass is 326 g/mol. The minimum absolute atomic E-state index is 0.0367. The number of hydrogen-bond acceptors (Lipinski definition) is 3. The number of hydrogen-bond donors (Lipinski definition) is 0. The first kappa shape index (κ1) is 15.7. The molecule has 0 fully saturated rings. The third-order valence-electron chi connectivity index (χ3n) is 3.61. The number of Topliss-reactive ketones (excluding diaryl/α,β-unsaturated/α-hetero) is 1. The maximum Gasteiger partial charge on any atom is 0.159 e. The molecule has 24 heavy (non-hydrogen) atoms. The summed E-state index contributed by atoms with van der Waals surface area (Å²) in [7, 11) is 0. The molecule has 3 nitrogen and oxygen atoms in total. The van der Waals surface area contributed by atoms with Gasteiger partial charge in [-0.15, -0.1) is 0 Å². The Kier molecular flexibility index (Phi) is 3.78.